The largest absolute Gasteiger partial charge is 0.493 e. The molecule has 0 spiro atoms. The summed E-state index contributed by atoms with van der Waals surface area (Å²) in [6.07, 6.45) is 2.14. The van der Waals surface area contributed by atoms with Gasteiger partial charge in [0.1, 0.15) is 11.6 Å². The molecule has 3 nitrogen and oxygen atoms in total. The topological polar surface area (TPSA) is 29.5 Å². The smallest absolute Gasteiger partial charge is 0.230 e. The number of ether oxygens (including phenoxy) is 1. The van der Waals surface area contributed by atoms with E-state index >= 15 is 0 Å². The second-order valence-corrected chi connectivity index (χ2v) is 5.91. The van der Waals surface area contributed by atoms with Gasteiger partial charge in [-0.2, -0.15) is 0 Å². The minimum Gasteiger partial charge on any atom is -0.493 e. The highest BCUT2D eigenvalue weighted by Gasteiger charge is 2.22. The van der Waals surface area contributed by atoms with Gasteiger partial charge in [-0.1, -0.05) is 11.6 Å². The molecule has 0 N–H and O–H groups in total. The van der Waals surface area contributed by atoms with E-state index in [1.807, 2.05) is 12.1 Å². The summed E-state index contributed by atoms with van der Waals surface area (Å²) in [6.45, 7) is 0.980. The molecular weight excluding hydrogens is 317 g/mol. The first kappa shape index (κ1) is 15.8. The molecule has 0 saturated carbocycles. The molecule has 0 aliphatic carbocycles. The second kappa shape index (κ2) is 7.01. The first-order valence-corrected chi connectivity index (χ1v) is 7.98. The van der Waals surface area contributed by atoms with Crippen LogP contribution in [0.15, 0.2) is 42.5 Å². The van der Waals surface area contributed by atoms with E-state index in [0.29, 0.717) is 17.3 Å². The van der Waals surface area contributed by atoms with Crippen molar-refractivity contribution in [3.05, 3.63) is 58.9 Å². The number of halogens is 2. The number of hydrogen-bond donors (Lipinski definition) is 0. The molecule has 1 heterocycles. The van der Waals surface area contributed by atoms with Crippen molar-refractivity contribution in [1.29, 1.82) is 0 Å². The Kier molecular flexibility index (Phi) is 4.82. The number of amides is 1. The third kappa shape index (κ3) is 3.82. The zero-order chi connectivity index (χ0) is 16.2. The standard InChI is InChI=1S/C18H17ClFNO2/c19-14-3-8-17-13(12-14)2-1-10-21(17)18(22)9-11-23-16-6-4-15(20)5-7-16/h3-8,12H,1-2,9-11H2. The quantitative estimate of drug-likeness (QED) is 0.838. The summed E-state index contributed by atoms with van der Waals surface area (Å²) in [7, 11) is 0. The summed E-state index contributed by atoms with van der Waals surface area (Å²) in [5, 5.41) is 0.692. The van der Waals surface area contributed by atoms with Crippen LogP contribution < -0.4 is 9.64 Å². The highest BCUT2D eigenvalue weighted by atomic mass is 35.5. The van der Waals surface area contributed by atoms with Gasteiger partial charge >= 0.3 is 0 Å². The van der Waals surface area contributed by atoms with Crippen LogP contribution in [0.4, 0.5) is 10.1 Å². The van der Waals surface area contributed by atoms with Gasteiger partial charge in [-0.25, -0.2) is 4.39 Å². The summed E-state index contributed by atoms with van der Waals surface area (Å²) in [6, 6.07) is 11.4. The molecule has 0 atom stereocenters. The van der Waals surface area contributed by atoms with Crippen molar-refractivity contribution in [3.8, 4) is 5.75 Å². The molecule has 0 bridgehead atoms. The first-order chi connectivity index (χ1) is 11.1. The van der Waals surface area contributed by atoms with Crippen molar-refractivity contribution >= 4 is 23.2 Å². The number of carbonyl (C=O) groups excluding carboxylic acids is 1. The maximum Gasteiger partial charge on any atom is 0.230 e. The van der Waals surface area contributed by atoms with Crippen LogP contribution in [0.25, 0.3) is 0 Å². The van der Waals surface area contributed by atoms with E-state index in [4.69, 9.17) is 16.3 Å². The van der Waals surface area contributed by atoms with E-state index in [9.17, 15) is 9.18 Å². The molecule has 120 valence electrons. The molecule has 1 aliphatic heterocycles. The Morgan fingerprint density at radius 1 is 1.22 bits per heavy atom. The summed E-state index contributed by atoms with van der Waals surface area (Å²) in [5.41, 5.74) is 2.05. The summed E-state index contributed by atoms with van der Waals surface area (Å²) >= 11 is 6.02. The Hall–Kier alpha value is -2.07. The maximum absolute atomic E-state index is 12.8. The molecule has 1 amide bonds. The molecule has 2 aromatic carbocycles. The number of benzene rings is 2. The monoisotopic (exact) mass is 333 g/mol. The molecule has 5 heteroatoms. The van der Waals surface area contributed by atoms with E-state index in [2.05, 4.69) is 0 Å². The van der Waals surface area contributed by atoms with E-state index in [1.54, 1.807) is 23.1 Å². The third-order valence-electron chi connectivity index (χ3n) is 3.86. The van der Waals surface area contributed by atoms with Crippen LogP contribution >= 0.6 is 11.6 Å². The number of fused-ring (bicyclic) bond motifs is 1. The lowest BCUT2D eigenvalue weighted by molar-refractivity contribution is -0.119. The van der Waals surface area contributed by atoms with Crippen LogP contribution in [0, 0.1) is 5.82 Å². The Morgan fingerprint density at radius 3 is 2.78 bits per heavy atom. The fourth-order valence-corrected chi connectivity index (χ4v) is 2.94. The molecule has 23 heavy (non-hydrogen) atoms. The van der Waals surface area contributed by atoms with Crippen molar-refractivity contribution in [2.45, 2.75) is 19.3 Å². The minimum atomic E-state index is -0.308. The molecule has 2 aromatic rings. The van der Waals surface area contributed by atoms with Gasteiger partial charge < -0.3 is 9.64 Å². The number of aryl methyl sites for hydroxylation is 1. The lowest BCUT2D eigenvalue weighted by Crippen LogP contribution is -2.36. The fraction of sp³-hybridized carbons (Fsp3) is 0.278. The Balaban J connectivity index is 1.60. The predicted octanol–water partition coefficient (Wildman–Crippen LogP) is 4.23. The molecule has 1 aliphatic rings. The molecule has 0 unspecified atom stereocenters. The number of anilines is 1. The highest BCUT2D eigenvalue weighted by Crippen LogP contribution is 2.30. The molecular formula is C18H17ClFNO2. The lowest BCUT2D eigenvalue weighted by atomic mass is 10.0. The zero-order valence-corrected chi connectivity index (χ0v) is 13.4. The summed E-state index contributed by atoms with van der Waals surface area (Å²) in [5.74, 6) is 0.275. The van der Waals surface area contributed by atoms with Crippen molar-refractivity contribution in [2.75, 3.05) is 18.1 Å². The van der Waals surface area contributed by atoms with Gasteiger partial charge in [0.2, 0.25) is 5.91 Å². The fourth-order valence-electron chi connectivity index (χ4n) is 2.75. The molecule has 3 rings (SSSR count). The van der Waals surface area contributed by atoms with Crippen molar-refractivity contribution in [3.63, 3.8) is 0 Å². The number of carbonyl (C=O) groups is 1. The van der Waals surface area contributed by atoms with Gasteiger partial charge in [-0.3, -0.25) is 4.79 Å². The highest BCUT2D eigenvalue weighted by molar-refractivity contribution is 6.30. The minimum absolute atomic E-state index is 0.0235. The zero-order valence-electron chi connectivity index (χ0n) is 12.6. The van der Waals surface area contributed by atoms with Gasteiger partial charge in [0.15, 0.2) is 0 Å². The van der Waals surface area contributed by atoms with Crippen LogP contribution in [0.5, 0.6) is 5.75 Å². The van der Waals surface area contributed by atoms with Crippen LogP contribution in [0.1, 0.15) is 18.4 Å². The van der Waals surface area contributed by atoms with E-state index in [0.717, 1.165) is 24.1 Å². The lowest BCUT2D eigenvalue weighted by Gasteiger charge is -2.29. The van der Waals surface area contributed by atoms with Gasteiger partial charge in [-0.05, 0) is 60.9 Å². The first-order valence-electron chi connectivity index (χ1n) is 7.60. The predicted molar refractivity (Wildman–Crippen MR) is 88.6 cm³/mol. The number of rotatable bonds is 4. The Bertz CT molecular complexity index is 703. The maximum atomic E-state index is 12.8. The average Bonchev–Trinajstić information content (AvgIpc) is 2.55. The third-order valence-corrected chi connectivity index (χ3v) is 4.09. The van der Waals surface area contributed by atoms with Gasteiger partial charge in [0.25, 0.3) is 0 Å². The SMILES string of the molecule is O=C(CCOc1ccc(F)cc1)N1CCCc2cc(Cl)ccc21. The average molecular weight is 334 g/mol. The van der Waals surface area contributed by atoms with Crippen molar-refractivity contribution < 1.29 is 13.9 Å². The Labute approximate surface area is 139 Å². The van der Waals surface area contributed by atoms with Crippen molar-refractivity contribution in [2.24, 2.45) is 0 Å². The number of hydrogen-bond acceptors (Lipinski definition) is 2. The van der Waals surface area contributed by atoms with Crippen LogP contribution in [-0.4, -0.2) is 19.1 Å². The van der Waals surface area contributed by atoms with Gasteiger partial charge in [0, 0.05) is 17.3 Å². The van der Waals surface area contributed by atoms with Crippen LogP contribution in [0.3, 0.4) is 0 Å². The van der Waals surface area contributed by atoms with Crippen molar-refractivity contribution in [1.82, 2.24) is 0 Å². The van der Waals surface area contributed by atoms with Crippen LogP contribution in [-0.2, 0) is 11.2 Å². The summed E-state index contributed by atoms with van der Waals surface area (Å²) < 4.78 is 18.3. The molecule has 0 aromatic heterocycles. The van der Waals surface area contributed by atoms with Gasteiger partial charge in [-0.15, -0.1) is 0 Å². The Morgan fingerprint density at radius 2 is 2.00 bits per heavy atom. The summed E-state index contributed by atoms with van der Waals surface area (Å²) in [4.78, 5) is 14.2. The second-order valence-electron chi connectivity index (χ2n) is 5.47. The molecule has 0 saturated heterocycles. The number of nitrogens with zero attached hydrogens (tertiary/aromatic N) is 1. The van der Waals surface area contributed by atoms with E-state index in [-0.39, 0.29) is 24.8 Å². The van der Waals surface area contributed by atoms with E-state index in [1.165, 1.54) is 12.1 Å². The van der Waals surface area contributed by atoms with E-state index < -0.39 is 0 Å². The molecule has 0 fully saturated rings. The van der Waals surface area contributed by atoms with Gasteiger partial charge in [0.05, 0.1) is 13.0 Å². The van der Waals surface area contributed by atoms with Crippen LogP contribution in [0.2, 0.25) is 5.02 Å². The normalized spacial score (nSPS) is 13.6. The molecule has 0 radical (unpaired) electrons.